The van der Waals surface area contributed by atoms with E-state index in [4.69, 9.17) is 11.5 Å². The fraction of sp³-hybridized carbons (Fsp3) is 0.571. The van der Waals surface area contributed by atoms with Crippen LogP contribution in [0, 0.1) is 18.3 Å². The molecule has 1 saturated carbocycles. The molecule has 2 heterocycles. The van der Waals surface area contributed by atoms with Crippen molar-refractivity contribution in [2.45, 2.75) is 76.4 Å². The minimum atomic E-state index is -1.04. The summed E-state index contributed by atoms with van der Waals surface area (Å²) in [5, 5.41) is 9.20. The van der Waals surface area contributed by atoms with Gasteiger partial charge in [-0.1, -0.05) is 45.0 Å². The van der Waals surface area contributed by atoms with Gasteiger partial charge >= 0.3 is 0 Å². The number of carbonyl (C=O) groups excluding carboxylic acids is 1. The topological polar surface area (TPSA) is 135 Å². The Balaban J connectivity index is 0.000000224. The summed E-state index contributed by atoms with van der Waals surface area (Å²) in [6.45, 7) is 12.1. The van der Waals surface area contributed by atoms with Crippen LogP contribution in [-0.2, 0) is 7.86 Å². The highest BCUT2D eigenvalue weighted by Crippen LogP contribution is 2.34. The van der Waals surface area contributed by atoms with Crippen LogP contribution in [0.15, 0.2) is 41.7 Å². The summed E-state index contributed by atoms with van der Waals surface area (Å²) in [4.78, 5) is 15.9. The molecule has 0 spiro atoms. The second-order valence-corrected chi connectivity index (χ2v) is 13.5. The summed E-state index contributed by atoms with van der Waals surface area (Å²) in [5.74, 6) is 0.577. The number of rotatable bonds is 9. The molecule has 3 atom stereocenters. The number of alkyl halides is 1. The molecule has 2 fully saturated rings. The predicted molar refractivity (Wildman–Crippen MR) is 166 cm³/mol. The van der Waals surface area contributed by atoms with E-state index in [0.717, 1.165) is 28.6 Å². The Morgan fingerprint density at radius 1 is 1.24 bits per heavy atom. The van der Waals surface area contributed by atoms with Gasteiger partial charge in [0.05, 0.1) is 22.1 Å². The van der Waals surface area contributed by atoms with Crippen LogP contribution in [0.1, 0.15) is 70.7 Å². The van der Waals surface area contributed by atoms with E-state index in [1.165, 1.54) is 37.1 Å². The highest BCUT2D eigenvalue weighted by atomic mass is 127. The van der Waals surface area contributed by atoms with Crippen molar-refractivity contribution in [3.63, 3.8) is 0 Å². The van der Waals surface area contributed by atoms with Gasteiger partial charge < -0.3 is 27.4 Å². The van der Waals surface area contributed by atoms with Crippen molar-refractivity contribution in [1.29, 1.82) is 0 Å². The number of aromatic nitrogens is 1. The number of nitrogens with one attached hydrogen (secondary N) is 3. The molecule has 8 nitrogen and oxygen atoms in total. The third-order valence-corrected chi connectivity index (χ3v) is 10.1. The minimum absolute atomic E-state index is 0.0371. The second-order valence-electron chi connectivity index (χ2n) is 10.9. The highest BCUT2D eigenvalue weighted by Gasteiger charge is 2.26. The van der Waals surface area contributed by atoms with Gasteiger partial charge in [0.1, 0.15) is 4.05 Å². The number of halogens is 1. The average molecular weight is 657 g/mol. The quantitative estimate of drug-likeness (QED) is 0.110. The molecule has 1 saturated heterocycles. The van der Waals surface area contributed by atoms with Gasteiger partial charge in [0.2, 0.25) is 6.41 Å². The lowest BCUT2D eigenvalue weighted by Crippen LogP contribution is -2.33. The Bertz CT molecular complexity index is 1010. The van der Waals surface area contributed by atoms with Gasteiger partial charge in [-0.25, -0.2) is 4.98 Å². The number of allylic oxidation sites excluding steroid dienone is 1. The lowest BCUT2D eigenvalue weighted by Gasteiger charge is -2.25. The van der Waals surface area contributed by atoms with Crippen molar-refractivity contribution >= 4 is 38.9 Å². The fourth-order valence-corrected chi connectivity index (χ4v) is 5.70. The van der Waals surface area contributed by atoms with Crippen LogP contribution in [0.4, 0.5) is 0 Å². The lowest BCUT2D eigenvalue weighted by atomic mass is 9.97. The Morgan fingerprint density at radius 3 is 2.32 bits per heavy atom. The molecule has 2 aliphatic rings. The van der Waals surface area contributed by atoms with E-state index >= 15 is 0 Å². The van der Waals surface area contributed by atoms with E-state index in [-0.39, 0.29) is 15.5 Å². The van der Waals surface area contributed by atoms with E-state index in [9.17, 15) is 7.86 Å². The van der Waals surface area contributed by atoms with Gasteiger partial charge in [0.15, 0.2) is 21.2 Å². The summed E-state index contributed by atoms with van der Waals surface area (Å²) in [5.41, 5.74) is 17.4. The van der Waals surface area contributed by atoms with Gasteiger partial charge in [-0.05, 0) is 68.5 Å². The van der Waals surface area contributed by atoms with E-state index in [1.54, 1.807) is 11.3 Å². The number of carbonyl (C=O) groups is 1. The van der Waals surface area contributed by atoms with E-state index < -0.39 is 21.2 Å². The monoisotopic (exact) mass is 656 g/mol. The first-order valence-corrected chi connectivity index (χ1v) is 16.2. The number of benzene rings is 1. The maximum atomic E-state index is 11.1. The number of nitrogens with zero attached hydrogens (tertiary/aromatic N) is 1. The molecule has 1 aliphatic carbocycles. The summed E-state index contributed by atoms with van der Waals surface area (Å²) >= 11 is 0.584. The predicted octanol–water partition coefficient (Wildman–Crippen LogP) is 5.10. The van der Waals surface area contributed by atoms with Crippen molar-refractivity contribution in [1.82, 2.24) is 20.9 Å². The van der Waals surface area contributed by atoms with Crippen molar-refractivity contribution in [2.75, 3.05) is 13.1 Å². The van der Waals surface area contributed by atoms with Crippen molar-refractivity contribution in [3.05, 3.63) is 52.9 Å². The maximum absolute atomic E-state index is 11.1. The first kappa shape index (κ1) is 32.3. The molecule has 3 unspecified atom stereocenters. The van der Waals surface area contributed by atoms with Crippen LogP contribution < -0.4 is 27.4 Å². The van der Waals surface area contributed by atoms with Crippen molar-refractivity contribution in [3.8, 4) is 10.4 Å². The molecular formula is C28H45IN6O2S. The van der Waals surface area contributed by atoms with E-state index in [2.05, 4.69) is 48.6 Å². The van der Waals surface area contributed by atoms with Gasteiger partial charge in [-0.15, -0.1) is 11.3 Å². The van der Waals surface area contributed by atoms with Crippen molar-refractivity contribution in [2.24, 2.45) is 22.8 Å². The third kappa shape index (κ3) is 11.1. The molecule has 38 heavy (non-hydrogen) atoms. The van der Waals surface area contributed by atoms with Gasteiger partial charge in [0, 0.05) is 24.5 Å². The number of amides is 1. The van der Waals surface area contributed by atoms with E-state index in [1.807, 2.05) is 42.9 Å². The van der Waals surface area contributed by atoms with Crippen LogP contribution in [0.3, 0.4) is 0 Å². The number of thiazole rings is 1. The van der Waals surface area contributed by atoms with E-state index in [0.29, 0.717) is 18.9 Å². The van der Waals surface area contributed by atoms with Crippen LogP contribution >= 0.6 is 32.5 Å². The summed E-state index contributed by atoms with van der Waals surface area (Å²) in [6.07, 6.45) is 7.69. The normalized spacial score (nSPS) is 18.8. The molecule has 7 N–H and O–H groups in total. The highest BCUT2D eigenvalue weighted by molar-refractivity contribution is 14.1. The fourth-order valence-electron chi connectivity index (χ4n) is 3.80. The molecule has 4 rings (SSSR count). The van der Waals surface area contributed by atoms with Crippen LogP contribution in [0.25, 0.3) is 10.4 Å². The molecule has 1 amide bonds. The Kier molecular flexibility index (Phi) is 13.8. The molecule has 1 aromatic heterocycles. The zero-order valence-electron chi connectivity index (χ0n) is 23.3. The summed E-state index contributed by atoms with van der Waals surface area (Å²) < 4.78 is 11.1. The van der Waals surface area contributed by atoms with Gasteiger partial charge in [-0.2, -0.15) is 0 Å². The molecule has 1 aliphatic heterocycles. The lowest BCUT2D eigenvalue weighted by molar-refractivity contribution is -0.110. The second kappa shape index (κ2) is 16.3. The van der Waals surface area contributed by atoms with Crippen molar-refractivity contribution < 1.29 is 7.86 Å². The standard InChI is InChI=1S/C13H15N3OS.C10H19IN2O.C5H11N/c1-9-13(18-8-16-9)11-4-2-10(3-5-11)12(6-14)15-7-17;1-10(2,3)9(11-14)13-6-8(12)7-4-5-7;1-5-3-2-4-6-5/h2-5,7-8,12H,6,14H2,1H3,(H,15,17);6-7,9,13H,4-5,12H2,1-3H3;5-6H,2-4H2,1H3/b;8-6-;. The van der Waals surface area contributed by atoms with Crippen LogP contribution in [0.5, 0.6) is 0 Å². The molecule has 10 heteroatoms. The van der Waals surface area contributed by atoms with Gasteiger partial charge in [0.25, 0.3) is 0 Å². The first-order chi connectivity index (χ1) is 18.1. The third-order valence-electron chi connectivity index (χ3n) is 6.43. The van der Waals surface area contributed by atoms with Crippen LogP contribution in [0.2, 0.25) is 0 Å². The number of hydrogen-bond donors (Lipinski definition) is 5. The van der Waals surface area contributed by atoms with Gasteiger partial charge in [-0.3, -0.25) is 7.86 Å². The zero-order chi connectivity index (χ0) is 28.1. The number of aryl methyl sites for hydroxylation is 1. The average Bonchev–Trinajstić information content (AvgIpc) is 3.49. The molecule has 0 radical (unpaired) electrons. The maximum Gasteiger partial charge on any atom is 0.207 e. The number of hydrogen-bond acceptors (Lipinski definition) is 8. The molecule has 1 aromatic carbocycles. The van der Waals surface area contributed by atoms with Crippen LogP contribution in [-0.4, -0.2) is 34.6 Å². The SMILES string of the molecule is CC(C)(C)C(N/C=C(\N)C1CC1)I=O.CC1CCCN1.Cc1ncsc1-c1ccc(C(CN)NC=O)cc1. The Morgan fingerprint density at radius 2 is 1.92 bits per heavy atom. The molecule has 0 bridgehead atoms. The molecular weight excluding hydrogens is 611 g/mol. The smallest absolute Gasteiger partial charge is 0.207 e. The summed E-state index contributed by atoms with van der Waals surface area (Å²) in [6, 6.07) is 8.71. The molecule has 2 aromatic rings. The molecule has 212 valence electrons. The number of nitrogens with two attached hydrogens (primary N) is 2. The largest absolute Gasteiger partial charge is 0.401 e. The minimum Gasteiger partial charge on any atom is -0.401 e. The zero-order valence-corrected chi connectivity index (χ0v) is 26.3. The Labute approximate surface area is 242 Å². The first-order valence-electron chi connectivity index (χ1n) is 13.2. The summed E-state index contributed by atoms with van der Waals surface area (Å²) in [7, 11) is 0. The Hall–Kier alpha value is -1.89.